The highest BCUT2D eigenvalue weighted by Gasteiger charge is 2.12. The molecule has 1 heterocycles. The van der Waals surface area contributed by atoms with Crippen LogP contribution in [0, 0.1) is 0 Å². The molecule has 1 aromatic heterocycles. The van der Waals surface area contributed by atoms with Crippen molar-refractivity contribution in [2.75, 3.05) is 19.5 Å². The molecule has 0 aliphatic heterocycles. The Morgan fingerprint density at radius 2 is 1.96 bits per heavy atom. The van der Waals surface area contributed by atoms with Gasteiger partial charge in [0.15, 0.2) is 11.5 Å². The summed E-state index contributed by atoms with van der Waals surface area (Å²) in [5.74, 6) is 1.21. The van der Waals surface area contributed by atoms with E-state index in [0.29, 0.717) is 11.5 Å². The van der Waals surface area contributed by atoms with Crippen LogP contribution >= 0.6 is 27.3 Å². The topological polar surface area (TPSA) is 60.5 Å². The summed E-state index contributed by atoms with van der Waals surface area (Å²) >= 11 is 4.88. The molecule has 3 rings (SSSR count). The highest BCUT2D eigenvalue weighted by atomic mass is 79.9. The van der Waals surface area contributed by atoms with E-state index in [9.17, 15) is 4.79 Å². The van der Waals surface area contributed by atoms with Gasteiger partial charge in [-0.1, -0.05) is 22.0 Å². The molecule has 1 amide bonds. The number of rotatable bonds is 6. The van der Waals surface area contributed by atoms with Crippen molar-refractivity contribution in [3.05, 3.63) is 58.0 Å². The van der Waals surface area contributed by atoms with Crippen molar-refractivity contribution in [3.8, 4) is 22.1 Å². The van der Waals surface area contributed by atoms with Gasteiger partial charge in [0.2, 0.25) is 5.91 Å². The molecule has 0 saturated heterocycles. The van der Waals surface area contributed by atoms with Crippen LogP contribution in [-0.4, -0.2) is 25.1 Å². The third-order valence-corrected chi connectivity index (χ3v) is 5.07. The van der Waals surface area contributed by atoms with Gasteiger partial charge in [-0.2, -0.15) is 0 Å². The minimum atomic E-state index is -0.104. The number of nitrogens with one attached hydrogen (secondary N) is 1. The van der Waals surface area contributed by atoms with Crippen molar-refractivity contribution >= 4 is 38.9 Å². The Balaban J connectivity index is 1.70. The Kier molecular flexibility index (Phi) is 5.90. The van der Waals surface area contributed by atoms with E-state index in [1.54, 1.807) is 14.2 Å². The monoisotopic (exact) mass is 432 g/mol. The van der Waals surface area contributed by atoms with Crippen molar-refractivity contribution in [2.24, 2.45) is 0 Å². The molecule has 0 fully saturated rings. The molecule has 7 heteroatoms. The number of carbonyl (C=O) groups is 1. The fraction of sp³-hybridized carbons (Fsp3) is 0.158. The van der Waals surface area contributed by atoms with Gasteiger partial charge in [0.05, 0.1) is 26.3 Å². The molecule has 3 aromatic rings. The van der Waals surface area contributed by atoms with Crippen LogP contribution in [0.15, 0.2) is 52.3 Å². The van der Waals surface area contributed by atoms with Gasteiger partial charge in [0.1, 0.15) is 5.01 Å². The second-order valence-corrected chi connectivity index (χ2v) is 7.22. The van der Waals surface area contributed by atoms with Crippen LogP contribution in [-0.2, 0) is 11.2 Å². The van der Waals surface area contributed by atoms with Gasteiger partial charge in [-0.15, -0.1) is 11.3 Å². The fourth-order valence-corrected chi connectivity index (χ4v) is 3.64. The highest BCUT2D eigenvalue weighted by molar-refractivity contribution is 9.10. The number of amides is 1. The third-order valence-electron chi connectivity index (χ3n) is 3.63. The summed E-state index contributed by atoms with van der Waals surface area (Å²) in [7, 11) is 3.20. The van der Waals surface area contributed by atoms with Crippen molar-refractivity contribution in [3.63, 3.8) is 0 Å². The van der Waals surface area contributed by atoms with Crippen molar-refractivity contribution < 1.29 is 14.3 Å². The van der Waals surface area contributed by atoms with Crippen LogP contribution in [0.5, 0.6) is 11.5 Å². The molecule has 5 nitrogen and oxygen atoms in total. The zero-order valence-electron chi connectivity index (χ0n) is 14.3. The molecule has 134 valence electrons. The summed E-state index contributed by atoms with van der Waals surface area (Å²) in [4.78, 5) is 16.8. The lowest BCUT2D eigenvalue weighted by Gasteiger charge is -2.08. The summed E-state index contributed by atoms with van der Waals surface area (Å²) in [5, 5.41) is 5.60. The SMILES string of the molecule is COc1ccc(-c2nc(CC(=O)Nc3cccc(Br)c3)cs2)cc1OC. The van der Waals surface area contributed by atoms with E-state index >= 15 is 0 Å². The number of thiazole rings is 1. The predicted octanol–water partition coefficient (Wildman–Crippen LogP) is 4.77. The van der Waals surface area contributed by atoms with Gasteiger partial charge in [-0.05, 0) is 36.4 Å². The van der Waals surface area contributed by atoms with Crippen molar-refractivity contribution in [2.45, 2.75) is 6.42 Å². The van der Waals surface area contributed by atoms with Crippen LogP contribution < -0.4 is 14.8 Å². The molecule has 0 aliphatic rings. The number of ether oxygens (including phenoxy) is 2. The van der Waals surface area contributed by atoms with Gasteiger partial charge in [-0.25, -0.2) is 4.98 Å². The van der Waals surface area contributed by atoms with Gasteiger partial charge in [0, 0.05) is 21.1 Å². The van der Waals surface area contributed by atoms with E-state index in [4.69, 9.17) is 9.47 Å². The fourth-order valence-electron chi connectivity index (χ4n) is 2.43. The number of halogens is 1. The number of aromatic nitrogens is 1. The normalized spacial score (nSPS) is 10.4. The Hall–Kier alpha value is -2.38. The number of hydrogen-bond donors (Lipinski definition) is 1. The van der Waals surface area contributed by atoms with Crippen LogP contribution in [0.25, 0.3) is 10.6 Å². The molecular formula is C19H17BrN2O3S. The minimum absolute atomic E-state index is 0.104. The van der Waals surface area contributed by atoms with E-state index in [2.05, 4.69) is 26.2 Å². The lowest BCUT2D eigenvalue weighted by atomic mass is 10.2. The third kappa shape index (κ3) is 4.42. The number of methoxy groups -OCH3 is 2. The Labute approximate surface area is 164 Å². The van der Waals surface area contributed by atoms with Crippen LogP contribution in [0.4, 0.5) is 5.69 Å². The molecule has 2 aromatic carbocycles. The Morgan fingerprint density at radius 3 is 2.69 bits per heavy atom. The van der Waals surface area contributed by atoms with E-state index < -0.39 is 0 Å². The maximum Gasteiger partial charge on any atom is 0.230 e. The number of hydrogen-bond acceptors (Lipinski definition) is 5. The van der Waals surface area contributed by atoms with Crippen molar-refractivity contribution in [1.82, 2.24) is 4.98 Å². The number of benzene rings is 2. The first-order chi connectivity index (χ1) is 12.6. The van der Waals surface area contributed by atoms with Gasteiger partial charge < -0.3 is 14.8 Å². The largest absolute Gasteiger partial charge is 0.493 e. The molecule has 0 unspecified atom stereocenters. The summed E-state index contributed by atoms with van der Waals surface area (Å²) < 4.78 is 11.5. The number of carbonyl (C=O) groups excluding carboxylic acids is 1. The molecule has 0 bridgehead atoms. The zero-order chi connectivity index (χ0) is 18.5. The second kappa shape index (κ2) is 8.33. The summed E-state index contributed by atoms with van der Waals surface area (Å²) in [6.07, 6.45) is 0.219. The van der Waals surface area contributed by atoms with E-state index in [1.165, 1.54) is 11.3 Å². The quantitative estimate of drug-likeness (QED) is 0.609. The molecule has 0 radical (unpaired) electrons. The molecule has 0 spiro atoms. The summed E-state index contributed by atoms with van der Waals surface area (Å²) in [6.45, 7) is 0. The van der Waals surface area contributed by atoms with Gasteiger partial charge >= 0.3 is 0 Å². The lowest BCUT2D eigenvalue weighted by Crippen LogP contribution is -2.14. The first-order valence-corrected chi connectivity index (χ1v) is 9.48. The Morgan fingerprint density at radius 1 is 1.15 bits per heavy atom. The minimum Gasteiger partial charge on any atom is -0.493 e. The highest BCUT2D eigenvalue weighted by Crippen LogP contribution is 2.33. The molecule has 0 aliphatic carbocycles. The van der Waals surface area contributed by atoms with E-state index in [-0.39, 0.29) is 12.3 Å². The maximum atomic E-state index is 12.2. The van der Waals surface area contributed by atoms with E-state index in [0.717, 1.165) is 26.4 Å². The number of nitrogens with zero attached hydrogens (tertiary/aromatic N) is 1. The summed E-state index contributed by atoms with van der Waals surface area (Å²) in [5.41, 5.74) is 2.40. The lowest BCUT2D eigenvalue weighted by molar-refractivity contribution is -0.115. The average Bonchev–Trinajstić information content (AvgIpc) is 3.09. The summed E-state index contributed by atoms with van der Waals surface area (Å²) in [6, 6.07) is 13.1. The van der Waals surface area contributed by atoms with E-state index in [1.807, 2.05) is 47.8 Å². The van der Waals surface area contributed by atoms with Crippen LogP contribution in [0.3, 0.4) is 0 Å². The van der Waals surface area contributed by atoms with Crippen LogP contribution in [0.2, 0.25) is 0 Å². The average molecular weight is 433 g/mol. The van der Waals surface area contributed by atoms with Crippen LogP contribution in [0.1, 0.15) is 5.69 Å². The Bertz CT molecular complexity index is 927. The first kappa shape index (κ1) is 18.4. The van der Waals surface area contributed by atoms with Gasteiger partial charge in [0.25, 0.3) is 0 Å². The maximum absolute atomic E-state index is 12.2. The second-order valence-electron chi connectivity index (χ2n) is 5.45. The molecule has 26 heavy (non-hydrogen) atoms. The molecule has 0 saturated carbocycles. The zero-order valence-corrected chi connectivity index (χ0v) is 16.7. The molecule has 1 N–H and O–H groups in total. The predicted molar refractivity (Wildman–Crippen MR) is 107 cm³/mol. The van der Waals surface area contributed by atoms with Gasteiger partial charge in [-0.3, -0.25) is 4.79 Å². The van der Waals surface area contributed by atoms with Crippen molar-refractivity contribution in [1.29, 1.82) is 0 Å². The number of anilines is 1. The molecule has 0 atom stereocenters. The molecular weight excluding hydrogens is 416 g/mol. The standard InChI is InChI=1S/C19H17BrN2O3S/c1-24-16-7-6-12(8-17(16)25-2)19-22-15(11-26-19)10-18(23)21-14-5-3-4-13(20)9-14/h3-9,11H,10H2,1-2H3,(H,21,23). The smallest absolute Gasteiger partial charge is 0.230 e. The first-order valence-electron chi connectivity index (χ1n) is 7.81.